The van der Waals surface area contributed by atoms with Crippen molar-refractivity contribution in [3.8, 4) is 28.4 Å². The van der Waals surface area contributed by atoms with E-state index in [1.165, 1.54) is 0 Å². The zero-order chi connectivity index (χ0) is 22.3. The summed E-state index contributed by atoms with van der Waals surface area (Å²) in [5.41, 5.74) is 2.76. The third-order valence-corrected chi connectivity index (χ3v) is 5.00. The van der Waals surface area contributed by atoms with Crippen LogP contribution in [0.15, 0.2) is 85.3 Å². The van der Waals surface area contributed by atoms with E-state index in [-0.39, 0.29) is 5.91 Å². The molecule has 0 saturated carbocycles. The first-order valence-corrected chi connectivity index (χ1v) is 10.2. The highest BCUT2D eigenvalue weighted by Crippen LogP contribution is 2.24. The van der Waals surface area contributed by atoms with Gasteiger partial charge in [-0.3, -0.25) is 9.78 Å². The summed E-state index contributed by atoms with van der Waals surface area (Å²) >= 11 is 0. The molecule has 0 radical (unpaired) electrons. The van der Waals surface area contributed by atoms with Gasteiger partial charge in [-0.15, -0.1) is 0 Å². The first-order valence-electron chi connectivity index (χ1n) is 10.2. The zero-order valence-electron chi connectivity index (χ0n) is 18.0. The minimum Gasteiger partial charge on any atom is -0.497 e. The van der Waals surface area contributed by atoms with Crippen LogP contribution in [0.2, 0.25) is 0 Å². The maximum atomic E-state index is 13.3. The van der Waals surface area contributed by atoms with Crippen molar-refractivity contribution >= 4 is 5.91 Å². The summed E-state index contributed by atoms with van der Waals surface area (Å²) in [6.07, 6.45) is 5.17. The van der Waals surface area contributed by atoms with Gasteiger partial charge in [-0.1, -0.05) is 18.2 Å². The van der Waals surface area contributed by atoms with Crippen molar-refractivity contribution in [2.75, 3.05) is 27.3 Å². The van der Waals surface area contributed by atoms with Crippen LogP contribution < -0.4 is 9.47 Å². The summed E-state index contributed by atoms with van der Waals surface area (Å²) in [6, 6.07) is 20.8. The van der Waals surface area contributed by atoms with Crippen molar-refractivity contribution in [2.45, 2.75) is 0 Å². The number of hydrogen-bond donors (Lipinski definition) is 0. The van der Waals surface area contributed by atoms with Gasteiger partial charge in [0, 0.05) is 31.2 Å². The van der Waals surface area contributed by atoms with E-state index < -0.39 is 0 Å². The van der Waals surface area contributed by atoms with Crippen LogP contribution in [0.3, 0.4) is 0 Å². The van der Waals surface area contributed by atoms with E-state index in [9.17, 15) is 4.79 Å². The molecule has 0 aliphatic carbocycles. The number of rotatable bonds is 8. The predicted octanol–water partition coefficient (Wildman–Crippen LogP) is 4.09. The molecule has 1 amide bonds. The minimum atomic E-state index is -0.135. The second kappa shape index (κ2) is 9.78. The standard InChI is InChI=1S/C25H24N4O3/c1-28(15-16-32-22-12-10-21(31-2)11-13-22)25(30)23-18-29(20-8-4-3-5-9-20)27-24(23)19-7-6-14-26-17-19/h3-14,17-18H,15-16H2,1-2H3. The Hall–Kier alpha value is -4.13. The fraction of sp³-hybridized carbons (Fsp3) is 0.160. The average Bonchev–Trinajstić information content (AvgIpc) is 3.30. The maximum Gasteiger partial charge on any atom is 0.257 e. The second-order valence-electron chi connectivity index (χ2n) is 7.16. The molecule has 4 aromatic rings. The Morgan fingerprint density at radius 3 is 2.44 bits per heavy atom. The number of nitrogens with zero attached hydrogens (tertiary/aromatic N) is 4. The Morgan fingerprint density at radius 1 is 1.00 bits per heavy atom. The lowest BCUT2D eigenvalue weighted by atomic mass is 10.1. The minimum absolute atomic E-state index is 0.135. The third-order valence-electron chi connectivity index (χ3n) is 5.00. The number of carbonyl (C=O) groups is 1. The Bertz CT molecular complexity index is 1160. The van der Waals surface area contributed by atoms with E-state index in [0.29, 0.717) is 24.4 Å². The van der Waals surface area contributed by atoms with E-state index in [1.54, 1.807) is 42.3 Å². The Morgan fingerprint density at radius 2 is 1.75 bits per heavy atom. The van der Waals surface area contributed by atoms with Gasteiger partial charge in [-0.05, 0) is 48.5 Å². The lowest BCUT2D eigenvalue weighted by Crippen LogP contribution is -2.31. The van der Waals surface area contributed by atoms with E-state index in [1.807, 2.05) is 66.7 Å². The number of likely N-dealkylation sites (N-methyl/N-ethyl adjacent to an activating group) is 1. The van der Waals surface area contributed by atoms with Crippen LogP contribution >= 0.6 is 0 Å². The Balaban J connectivity index is 1.51. The molecule has 32 heavy (non-hydrogen) atoms. The van der Waals surface area contributed by atoms with Gasteiger partial charge >= 0.3 is 0 Å². The fourth-order valence-corrected chi connectivity index (χ4v) is 3.24. The van der Waals surface area contributed by atoms with Crippen molar-refractivity contribution in [2.24, 2.45) is 0 Å². The summed E-state index contributed by atoms with van der Waals surface area (Å²) in [5.74, 6) is 1.35. The molecule has 0 bridgehead atoms. The monoisotopic (exact) mass is 428 g/mol. The summed E-state index contributed by atoms with van der Waals surface area (Å²) in [6.45, 7) is 0.789. The van der Waals surface area contributed by atoms with Gasteiger partial charge < -0.3 is 14.4 Å². The van der Waals surface area contributed by atoms with Gasteiger partial charge in [0.05, 0.1) is 24.9 Å². The zero-order valence-corrected chi connectivity index (χ0v) is 18.0. The van der Waals surface area contributed by atoms with Crippen molar-refractivity contribution in [3.63, 3.8) is 0 Å². The summed E-state index contributed by atoms with van der Waals surface area (Å²) in [7, 11) is 3.38. The van der Waals surface area contributed by atoms with Crippen molar-refractivity contribution in [3.05, 3.63) is 90.9 Å². The van der Waals surface area contributed by atoms with Crippen molar-refractivity contribution < 1.29 is 14.3 Å². The molecule has 0 aliphatic rings. The average molecular weight is 428 g/mol. The van der Waals surface area contributed by atoms with Gasteiger partial charge in [0.25, 0.3) is 5.91 Å². The number of methoxy groups -OCH3 is 1. The van der Waals surface area contributed by atoms with Gasteiger partial charge in [0.2, 0.25) is 0 Å². The molecule has 0 aliphatic heterocycles. The first-order chi connectivity index (χ1) is 15.7. The van der Waals surface area contributed by atoms with Crippen LogP contribution in [0.1, 0.15) is 10.4 Å². The molecule has 0 spiro atoms. The third kappa shape index (κ3) is 4.78. The number of pyridine rings is 1. The van der Waals surface area contributed by atoms with Crippen LogP contribution in [-0.2, 0) is 0 Å². The predicted molar refractivity (Wildman–Crippen MR) is 122 cm³/mol. The Kier molecular flexibility index (Phi) is 6.46. The van der Waals surface area contributed by atoms with Crippen molar-refractivity contribution in [1.82, 2.24) is 19.7 Å². The molecule has 2 aromatic heterocycles. The van der Waals surface area contributed by atoms with E-state index in [0.717, 1.165) is 22.7 Å². The lowest BCUT2D eigenvalue weighted by molar-refractivity contribution is 0.0774. The largest absolute Gasteiger partial charge is 0.497 e. The normalized spacial score (nSPS) is 10.6. The highest BCUT2D eigenvalue weighted by Gasteiger charge is 2.21. The highest BCUT2D eigenvalue weighted by atomic mass is 16.5. The molecular weight excluding hydrogens is 404 g/mol. The highest BCUT2D eigenvalue weighted by molar-refractivity contribution is 5.99. The van der Waals surface area contributed by atoms with Crippen LogP contribution in [0.5, 0.6) is 11.5 Å². The number of benzene rings is 2. The van der Waals surface area contributed by atoms with Crippen LogP contribution in [0.4, 0.5) is 0 Å². The summed E-state index contributed by atoms with van der Waals surface area (Å²) in [5, 5.41) is 4.68. The van der Waals surface area contributed by atoms with Gasteiger partial charge in [-0.25, -0.2) is 4.68 Å². The van der Waals surface area contributed by atoms with Crippen LogP contribution in [-0.4, -0.2) is 52.9 Å². The lowest BCUT2D eigenvalue weighted by Gasteiger charge is -2.17. The quantitative estimate of drug-likeness (QED) is 0.423. The van der Waals surface area contributed by atoms with Gasteiger partial charge in [0.15, 0.2) is 0 Å². The smallest absolute Gasteiger partial charge is 0.257 e. The fourth-order valence-electron chi connectivity index (χ4n) is 3.24. The molecule has 0 N–H and O–H groups in total. The second-order valence-corrected chi connectivity index (χ2v) is 7.16. The number of hydrogen-bond acceptors (Lipinski definition) is 5. The van der Waals surface area contributed by atoms with Gasteiger partial charge in [0.1, 0.15) is 23.8 Å². The molecule has 4 rings (SSSR count). The number of para-hydroxylation sites is 1. The van der Waals surface area contributed by atoms with Crippen LogP contribution in [0, 0.1) is 0 Å². The molecule has 0 atom stereocenters. The van der Waals surface area contributed by atoms with Crippen LogP contribution in [0.25, 0.3) is 16.9 Å². The molecular formula is C25H24N4O3. The van der Waals surface area contributed by atoms with E-state index >= 15 is 0 Å². The molecule has 0 saturated heterocycles. The van der Waals surface area contributed by atoms with E-state index in [4.69, 9.17) is 9.47 Å². The molecule has 162 valence electrons. The number of amides is 1. The van der Waals surface area contributed by atoms with Gasteiger partial charge in [-0.2, -0.15) is 5.10 Å². The Labute approximate surface area is 186 Å². The SMILES string of the molecule is COc1ccc(OCCN(C)C(=O)c2cn(-c3ccccc3)nc2-c2cccnc2)cc1. The number of aromatic nitrogens is 3. The number of ether oxygens (including phenoxy) is 2. The first kappa shape index (κ1) is 21.1. The molecule has 2 heterocycles. The molecule has 7 nitrogen and oxygen atoms in total. The van der Waals surface area contributed by atoms with E-state index in [2.05, 4.69) is 10.1 Å². The topological polar surface area (TPSA) is 69.5 Å². The van der Waals surface area contributed by atoms with Crippen molar-refractivity contribution in [1.29, 1.82) is 0 Å². The summed E-state index contributed by atoms with van der Waals surface area (Å²) in [4.78, 5) is 19.1. The maximum absolute atomic E-state index is 13.3. The molecule has 7 heteroatoms. The molecule has 0 unspecified atom stereocenters. The molecule has 0 fully saturated rings. The molecule has 2 aromatic carbocycles. The number of carbonyl (C=O) groups excluding carboxylic acids is 1. The summed E-state index contributed by atoms with van der Waals surface area (Å²) < 4.78 is 12.6.